The second-order valence-electron chi connectivity index (χ2n) is 5.26. The van der Waals surface area contributed by atoms with Crippen LogP contribution in [0.3, 0.4) is 0 Å². The summed E-state index contributed by atoms with van der Waals surface area (Å²) in [5.41, 5.74) is 2.45. The molecule has 0 aliphatic carbocycles. The molecule has 1 aromatic carbocycles. The van der Waals surface area contributed by atoms with E-state index in [-0.39, 0.29) is 24.0 Å². The van der Waals surface area contributed by atoms with Crippen LogP contribution in [0.15, 0.2) is 29.3 Å². The average molecular weight is 428 g/mol. The molecule has 0 atom stereocenters. The molecule has 0 amide bonds. The van der Waals surface area contributed by atoms with Gasteiger partial charge in [-0.2, -0.15) is 0 Å². The Morgan fingerprint density at radius 2 is 1.83 bits per heavy atom. The van der Waals surface area contributed by atoms with Crippen molar-refractivity contribution in [3.8, 4) is 0 Å². The maximum atomic E-state index is 4.60. The van der Waals surface area contributed by atoms with E-state index in [1.807, 2.05) is 18.5 Å². The smallest absolute Gasteiger partial charge is 0.191 e. The first-order valence-corrected chi connectivity index (χ1v) is 7.52. The van der Waals surface area contributed by atoms with Crippen LogP contribution in [0, 0.1) is 13.8 Å². The van der Waals surface area contributed by atoms with E-state index in [0.29, 0.717) is 13.1 Å². The van der Waals surface area contributed by atoms with Gasteiger partial charge < -0.3 is 15.2 Å². The second kappa shape index (κ2) is 9.49. The molecule has 2 rings (SSSR count). The highest BCUT2D eigenvalue weighted by atomic mass is 127. The fourth-order valence-corrected chi connectivity index (χ4v) is 1.97. The molecule has 0 aliphatic rings. The first-order valence-electron chi connectivity index (χ1n) is 7.52. The van der Waals surface area contributed by atoms with Crippen molar-refractivity contribution in [1.29, 1.82) is 0 Å². The SMILES string of the molecule is CCNC(=NCc1ccc(C)cc1)NCc1nnc(C)n1C.I. The van der Waals surface area contributed by atoms with Gasteiger partial charge >= 0.3 is 0 Å². The Kier molecular flexibility index (Phi) is 8.01. The van der Waals surface area contributed by atoms with E-state index in [4.69, 9.17) is 0 Å². The van der Waals surface area contributed by atoms with E-state index in [0.717, 1.165) is 24.2 Å². The molecule has 23 heavy (non-hydrogen) atoms. The van der Waals surface area contributed by atoms with Gasteiger partial charge in [0, 0.05) is 13.6 Å². The van der Waals surface area contributed by atoms with Gasteiger partial charge in [-0.05, 0) is 26.3 Å². The summed E-state index contributed by atoms with van der Waals surface area (Å²) >= 11 is 0. The number of guanidine groups is 1. The van der Waals surface area contributed by atoms with Gasteiger partial charge in [0.05, 0.1) is 13.1 Å². The van der Waals surface area contributed by atoms with Crippen molar-refractivity contribution in [1.82, 2.24) is 25.4 Å². The third-order valence-electron chi connectivity index (χ3n) is 3.48. The lowest BCUT2D eigenvalue weighted by molar-refractivity contribution is 0.718. The van der Waals surface area contributed by atoms with Crippen molar-refractivity contribution in [2.75, 3.05) is 6.54 Å². The zero-order valence-electron chi connectivity index (χ0n) is 14.1. The highest BCUT2D eigenvalue weighted by Gasteiger charge is 2.05. The van der Waals surface area contributed by atoms with Crippen LogP contribution in [0.2, 0.25) is 0 Å². The Hall–Kier alpha value is -1.64. The van der Waals surface area contributed by atoms with E-state index < -0.39 is 0 Å². The number of halogens is 1. The van der Waals surface area contributed by atoms with Crippen molar-refractivity contribution >= 4 is 29.9 Å². The topological polar surface area (TPSA) is 67.1 Å². The molecule has 0 radical (unpaired) electrons. The number of hydrogen-bond donors (Lipinski definition) is 2. The molecule has 2 N–H and O–H groups in total. The number of benzene rings is 1. The zero-order chi connectivity index (χ0) is 15.9. The molecule has 0 spiro atoms. The summed E-state index contributed by atoms with van der Waals surface area (Å²) < 4.78 is 1.97. The van der Waals surface area contributed by atoms with Gasteiger partial charge in [0.15, 0.2) is 11.8 Å². The summed E-state index contributed by atoms with van der Waals surface area (Å²) in [5.74, 6) is 2.57. The van der Waals surface area contributed by atoms with Gasteiger partial charge in [-0.1, -0.05) is 29.8 Å². The lowest BCUT2D eigenvalue weighted by Gasteiger charge is -2.11. The summed E-state index contributed by atoms with van der Waals surface area (Å²) in [4.78, 5) is 4.60. The van der Waals surface area contributed by atoms with Crippen LogP contribution in [-0.4, -0.2) is 27.3 Å². The minimum Gasteiger partial charge on any atom is -0.357 e. The van der Waals surface area contributed by atoms with E-state index >= 15 is 0 Å². The summed E-state index contributed by atoms with van der Waals surface area (Å²) in [6, 6.07) is 8.42. The summed E-state index contributed by atoms with van der Waals surface area (Å²) in [6.07, 6.45) is 0. The number of rotatable bonds is 5. The maximum Gasteiger partial charge on any atom is 0.191 e. The molecular weight excluding hydrogens is 403 g/mol. The van der Waals surface area contributed by atoms with Gasteiger partial charge in [0.1, 0.15) is 5.82 Å². The van der Waals surface area contributed by atoms with Gasteiger partial charge in [-0.15, -0.1) is 34.2 Å². The van der Waals surface area contributed by atoms with Gasteiger partial charge in [-0.25, -0.2) is 4.99 Å². The Bertz CT molecular complexity index is 633. The van der Waals surface area contributed by atoms with E-state index in [9.17, 15) is 0 Å². The van der Waals surface area contributed by atoms with Crippen LogP contribution in [-0.2, 0) is 20.1 Å². The molecular formula is C16H25IN6. The standard InChI is InChI=1S/C16H24N6.HI/c1-5-17-16(18-10-14-8-6-12(2)7-9-14)19-11-15-21-20-13(3)22(15)4;/h6-9H,5,10-11H2,1-4H3,(H2,17,18,19);1H. The molecule has 7 heteroatoms. The molecule has 0 fully saturated rings. The third kappa shape index (κ3) is 5.81. The Balaban J connectivity index is 0.00000264. The van der Waals surface area contributed by atoms with Gasteiger partial charge in [-0.3, -0.25) is 0 Å². The van der Waals surface area contributed by atoms with Crippen molar-refractivity contribution in [3.63, 3.8) is 0 Å². The minimum atomic E-state index is 0. The normalized spacial score (nSPS) is 11.0. The van der Waals surface area contributed by atoms with Crippen molar-refractivity contribution in [3.05, 3.63) is 47.0 Å². The molecule has 0 aliphatic heterocycles. The van der Waals surface area contributed by atoms with Crippen LogP contribution in [0.4, 0.5) is 0 Å². The van der Waals surface area contributed by atoms with Crippen LogP contribution < -0.4 is 10.6 Å². The first-order chi connectivity index (χ1) is 10.6. The fraction of sp³-hybridized carbons (Fsp3) is 0.438. The summed E-state index contributed by atoms with van der Waals surface area (Å²) in [5, 5.41) is 14.7. The van der Waals surface area contributed by atoms with Crippen molar-refractivity contribution < 1.29 is 0 Å². The molecule has 0 saturated carbocycles. The minimum absolute atomic E-state index is 0. The van der Waals surface area contributed by atoms with Crippen LogP contribution in [0.5, 0.6) is 0 Å². The second-order valence-corrected chi connectivity index (χ2v) is 5.26. The number of aromatic nitrogens is 3. The predicted molar refractivity (Wildman–Crippen MR) is 104 cm³/mol. The highest BCUT2D eigenvalue weighted by Crippen LogP contribution is 2.04. The molecule has 6 nitrogen and oxygen atoms in total. The molecule has 2 aromatic rings. The molecule has 1 aromatic heterocycles. The number of nitrogens with zero attached hydrogens (tertiary/aromatic N) is 4. The number of hydrogen-bond acceptors (Lipinski definition) is 3. The van der Waals surface area contributed by atoms with E-state index in [1.165, 1.54) is 11.1 Å². The maximum absolute atomic E-state index is 4.60. The first kappa shape index (κ1) is 19.4. The highest BCUT2D eigenvalue weighted by molar-refractivity contribution is 14.0. The average Bonchev–Trinajstić information content (AvgIpc) is 2.83. The van der Waals surface area contributed by atoms with Crippen molar-refractivity contribution in [2.24, 2.45) is 12.0 Å². The Morgan fingerprint density at radius 3 is 2.39 bits per heavy atom. The molecule has 1 heterocycles. The molecule has 0 bridgehead atoms. The predicted octanol–water partition coefficient (Wildman–Crippen LogP) is 2.31. The third-order valence-corrected chi connectivity index (χ3v) is 3.48. The molecule has 0 unspecified atom stereocenters. The molecule has 0 saturated heterocycles. The van der Waals surface area contributed by atoms with Crippen molar-refractivity contribution in [2.45, 2.75) is 33.9 Å². The zero-order valence-corrected chi connectivity index (χ0v) is 16.5. The van der Waals surface area contributed by atoms with Crippen LogP contribution in [0.25, 0.3) is 0 Å². The number of aliphatic imine (C=N–C) groups is 1. The van der Waals surface area contributed by atoms with Crippen LogP contribution in [0.1, 0.15) is 29.7 Å². The quantitative estimate of drug-likeness (QED) is 0.436. The van der Waals surface area contributed by atoms with E-state index in [2.05, 4.69) is 63.9 Å². The largest absolute Gasteiger partial charge is 0.357 e. The number of aryl methyl sites for hydroxylation is 2. The van der Waals surface area contributed by atoms with E-state index in [1.54, 1.807) is 0 Å². The summed E-state index contributed by atoms with van der Waals surface area (Å²) in [7, 11) is 1.96. The monoisotopic (exact) mass is 428 g/mol. The summed E-state index contributed by atoms with van der Waals surface area (Å²) in [6.45, 7) is 8.13. The molecule has 126 valence electrons. The number of nitrogens with one attached hydrogen (secondary N) is 2. The Morgan fingerprint density at radius 1 is 1.13 bits per heavy atom. The van der Waals surface area contributed by atoms with Crippen LogP contribution >= 0.6 is 24.0 Å². The van der Waals surface area contributed by atoms with Gasteiger partial charge in [0.25, 0.3) is 0 Å². The Labute approximate surface area is 154 Å². The fourth-order valence-electron chi connectivity index (χ4n) is 1.97. The lowest BCUT2D eigenvalue weighted by atomic mass is 10.1. The lowest BCUT2D eigenvalue weighted by Crippen LogP contribution is -2.37. The van der Waals surface area contributed by atoms with Gasteiger partial charge in [0.2, 0.25) is 0 Å².